The third-order valence-corrected chi connectivity index (χ3v) is 6.83. The van der Waals surface area contributed by atoms with Crippen molar-refractivity contribution >= 4 is 33.5 Å². The largest absolute Gasteiger partial charge is 0.456 e. The van der Waals surface area contributed by atoms with Gasteiger partial charge in [-0.1, -0.05) is 110 Å². The van der Waals surface area contributed by atoms with E-state index < -0.39 is 0 Å². The Hall–Kier alpha value is -4.80. The maximum Gasteiger partial charge on any atom is 0.164 e. The number of hydrogen-bond donors (Lipinski definition) is 0. The molecule has 2 heterocycles. The molecule has 0 N–H and O–H groups in total. The molecule has 0 atom stereocenters. The first-order chi connectivity index (χ1) is 18.7. The summed E-state index contributed by atoms with van der Waals surface area (Å²) in [6, 6.07) is 40.2. The summed E-state index contributed by atoms with van der Waals surface area (Å²) in [6.07, 6.45) is 0. The average molecular weight is 526 g/mol. The minimum absolute atomic E-state index is 0. The minimum Gasteiger partial charge on any atom is -0.456 e. The maximum atomic E-state index is 6.37. The first-order valence-corrected chi connectivity index (χ1v) is 12.7. The third kappa shape index (κ3) is 4.56. The lowest BCUT2D eigenvalue weighted by Crippen LogP contribution is -2.00. The number of nitrogens with zero attached hydrogens (tertiary/aromatic N) is 3. The Bertz CT molecular complexity index is 1930. The smallest absolute Gasteiger partial charge is 0.164 e. The fourth-order valence-electron chi connectivity index (χ4n) is 4.80. The van der Waals surface area contributed by atoms with Crippen LogP contribution in [0.25, 0.3) is 67.2 Å². The molecule has 0 spiro atoms. The van der Waals surface area contributed by atoms with Crippen molar-refractivity contribution in [2.75, 3.05) is 0 Å². The van der Waals surface area contributed by atoms with Crippen molar-refractivity contribution in [1.82, 2.24) is 15.0 Å². The highest BCUT2D eigenvalue weighted by Crippen LogP contribution is 2.37. The Kier molecular flexibility index (Phi) is 6.39. The molecule has 2 aromatic heterocycles. The van der Waals surface area contributed by atoms with Crippen LogP contribution in [-0.2, 0) is 0 Å². The summed E-state index contributed by atoms with van der Waals surface area (Å²) in [7, 11) is 0. The van der Waals surface area contributed by atoms with E-state index in [9.17, 15) is 0 Å². The van der Waals surface area contributed by atoms with E-state index in [-0.39, 0.29) is 7.43 Å². The maximum absolute atomic E-state index is 6.37. The van der Waals surface area contributed by atoms with Crippen LogP contribution in [0.1, 0.15) is 7.43 Å². The second-order valence-corrected chi connectivity index (χ2v) is 9.48. The highest BCUT2D eigenvalue weighted by molar-refractivity contribution is 6.32. The van der Waals surface area contributed by atoms with E-state index in [4.69, 9.17) is 31.0 Å². The zero-order valence-corrected chi connectivity index (χ0v) is 20.9. The fraction of sp³-hybridized carbons (Fsp3) is 0.0294. The zero-order chi connectivity index (χ0) is 25.5. The minimum atomic E-state index is 0. The van der Waals surface area contributed by atoms with Gasteiger partial charge in [-0.15, -0.1) is 0 Å². The van der Waals surface area contributed by atoms with Gasteiger partial charge in [0.25, 0.3) is 0 Å². The molecule has 0 aliphatic rings. The number of benzene rings is 5. The van der Waals surface area contributed by atoms with Gasteiger partial charge in [0.05, 0.1) is 0 Å². The van der Waals surface area contributed by atoms with Crippen molar-refractivity contribution in [2.45, 2.75) is 7.43 Å². The third-order valence-electron chi connectivity index (χ3n) is 6.59. The lowest BCUT2D eigenvalue weighted by molar-refractivity contribution is 0.669. The van der Waals surface area contributed by atoms with Gasteiger partial charge in [-0.3, -0.25) is 0 Å². The van der Waals surface area contributed by atoms with Gasteiger partial charge in [0.15, 0.2) is 17.5 Å². The number of halogens is 1. The predicted octanol–water partition coefficient (Wildman–Crippen LogP) is 9.73. The molecule has 0 radical (unpaired) electrons. The molecular formula is C34H24ClN3O. The van der Waals surface area contributed by atoms with Crippen molar-refractivity contribution in [2.24, 2.45) is 0 Å². The number of aromatic nitrogens is 3. The molecule has 0 saturated heterocycles. The summed E-state index contributed by atoms with van der Waals surface area (Å²) < 4.78 is 6.13. The Morgan fingerprint density at radius 3 is 1.87 bits per heavy atom. The highest BCUT2D eigenvalue weighted by atomic mass is 35.5. The molecule has 0 fully saturated rings. The molecule has 0 bridgehead atoms. The van der Waals surface area contributed by atoms with Gasteiger partial charge in [-0.25, -0.2) is 15.0 Å². The van der Waals surface area contributed by atoms with Gasteiger partial charge in [0.2, 0.25) is 0 Å². The molecule has 5 heteroatoms. The van der Waals surface area contributed by atoms with E-state index in [0.717, 1.165) is 49.8 Å². The zero-order valence-electron chi connectivity index (χ0n) is 20.2. The molecule has 4 nitrogen and oxygen atoms in total. The summed E-state index contributed by atoms with van der Waals surface area (Å²) >= 11 is 6.37. The Morgan fingerprint density at radius 1 is 0.487 bits per heavy atom. The van der Waals surface area contributed by atoms with E-state index >= 15 is 0 Å². The molecule has 0 amide bonds. The molecule has 7 aromatic rings. The normalized spacial score (nSPS) is 11.0. The molecule has 0 saturated carbocycles. The van der Waals surface area contributed by atoms with E-state index in [1.807, 2.05) is 97.1 Å². The topological polar surface area (TPSA) is 51.8 Å². The highest BCUT2D eigenvalue weighted by Gasteiger charge is 2.18. The van der Waals surface area contributed by atoms with Crippen molar-refractivity contribution in [1.29, 1.82) is 0 Å². The monoisotopic (exact) mass is 525 g/mol. The van der Waals surface area contributed by atoms with Crippen molar-refractivity contribution in [3.63, 3.8) is 0 Å². The first kappa shape index (κ1) is 24.5. The molecule has 0 aliphatic carbocycles. The second-order valence-electron chi connectivity index (χ2n) is 9.04. The van der Waals surface area contributed by atoms with Crippen LogP contribution in [-0.4, -0.2) is 15.0 Å². The summed E-state index contributed by atoms with van der Waals surface area (Å²) in [6.45, 7) is 0. The Morgan fingerprint density at radius 2 is 1.10 bits per heavy atom. The Labute approximate surface area is 231 Å². The van der Waals surface area contributed by atoms with Gasteiger partial charge in [0, 0.05) is 32.5 Å². The van der Waals surface area contributed by atoms with E-state index in [1.165, 1.54) is 0 Å². The van der Waals surface area contributed by atoms with Crippen LogP contribution < -0.4 is 0 Å². The number of rotatable bonds is 4. The van der Waals surface area contributed by atoms with E-state index in [0.29, 0.717) is 22.5 Å². The Balaban J connectivity index is 0.00000277. The molecule has 39 heavy (non-hydrogen) atoms. The summed E-state index contributed by atoms with van der Waals surface area (Å²) in [4.78, 5) is 14.8. The molecule has 0 unspecified atom stereocenters. The standard InChI is InChI=1S/C33H20ClN3O.CH4/c34-25-17-18-28-27(20-25)30-26(15-8-16-29(30)38-28)33-36-31(22-11-5-2-6-12-22)35-32(37-33)24-14-7-13-23(19-24)21-9-3-1-4-10-21;/h1-20H;1H4. The van der Waals surface area contributed by atoms with Gasteiger partial charge >= 0.3 is 0 Å². The molecule has 7 rings (SSSR count). The number of fused-ring (bicyclic) bond motifs is 3. The molecule has 0 aliphatic heterocycles. The average Bonchev–Trinajstić information content (AvgIpc) is 3.36. The second kappa shape index (κ2) is 10.2. The van der Waals surface area contributed by atoms with Crippen LogP contribution in [0.3, 0.4) is 0 Å². The lowest BCUT2D eigenvalue weighted by atomic mass is 10.0. The molecule has 188 valence electrons. The quantitative estimate of drug-likeness (QED) is 0.229. The van der Waals surface area contributed by atoms with Crippen LogP contribution in [0, 0.1) is 0 Å². The first-order valence-electron chi connectivity index (χ1n) is 12.3. The van der Waals surface area contributed by atoms with Crippen molar-refractivity contribution < 1.29 is 4.42 Å². The fourth-order valence-corrected chi connectivity index (χ4v) is 4.97. The van der Waals surface area contributed by atoms with Crippen molar-refractivity contribution in [3.05, 3.63) is 126 Å². The van der Waals surface area contributed by atoms with Crippen molar-refractivity contribution in [3.8, 4) is 45.3 Å². The summed E-state index contributed by atoms with van der Waals surface area (Å²) in [5.41, 5.74) is 6.47. The molecule has 5 aromatic carbocycles. The van der Waals surface area contributed by atoms with Gasteiger partial charge in [-0.2, -0.15) is 0 Å². The van der Waals surface area contributed by atoms with Crippen LogP contribution in [0.5, 0.6) is 0 Å². The molecular weight excluding hydrogens is 502 g/mol. The summed E-state index contributed by atoms with van der Waals surface area (Å²) in [5, 5.41) is 2.51. The van der Waals surface area contributed by atoms with E-state index in [1.54, 1.807) is 0 Å². The summed E-state index contributed by atoms with van der Waals surface area (Å²) in [5.74, 6) is 1.79. The van der Waals surface area contributed by atoms with Crippen LogP contribution in [0.15, 0.2) is 126 Å². The van der Waals surface area contributed by atoms with Crippen LogP contribution in [0.4, 0.5) is 0 Å². The number of furan rings is 1. The SMILES string of the molecule is C.Clc1ccc2oc3cccc(-c4nc(-c5ccccc5)nc(-c5cccc(-c6ccccc6)c5)n4)c3c2c1. The van der Waals surface area contributed by atoms with E-state index in [2.05, 4.69) is 24.3 Å². The predicted molar refractivity (Wildman–Crippen MR) is 161 cm³/mol. The van der Waals surface area contributed by atoms with Gasteiger partial charge in [-0.05, 0) is 41.5 Å². The van der Waals surface area contributed by atoms with Gasteiger partial charge in [0.1, 0.15) is 11.2 Å². The lowest BCUT2D eigenvalue weighted by Gasteiger charge is -2.10. The number of hydrogen-bond acceptors (Lipinski definition) is 4. The van der Waals surface area contributed by atoms with Gasteiger partial charge < -0.3 is 4.42 Å². The van der Waals surface area contributed by atoms with Crippen LogP contribution in [0.2, 0.25) is 5.02 Å². The van der Waals surface area contributed by atoms with Crippen LogP contribution >= 0.6 is 11.6 Å².